The van der Waals surface area contributed by atoms with E-state index in [2.05, 4.69) is 10.3 Å². The van der Waals surface area contributed by atoms with E-state index in [1.54, 1.807) is 0 Å². The van der Waals surface area contributed by atoms with Gasteiger partial charge >= 0.3 is 17.9 Å². The summed E-state index contributed by atoms with van der Waals surface area (Å²) < 4.78 is 28.4. The summed E-state index contributed by atoms with van der Waals surface area (Å²) in [4.78, 5) is 45.1. The summed E-state index contributed by atoms with van der Waals surface area (Å²) in [5, 5.41) is 18.7. The minimum absolute atomic E-state index is 0.0216. The Bertz CT molecular complexity index is 1050. The minimum Gasteiger partial charge on any atom is -0.487 e. The molecule has 1 aliphatic rings. The number of esters is 3. The number of hydrogen-bond acceptors (Lipinski definition) is 12. The van der Waals surface area contributed by atoms with Crippen LogP contribution in [0.5, 0.6) is 5.75 Å². The van der Waals surface area contributed by atoms with E-state index in [1.807, 2.05) is 0 Å². The first-order valence-electron chi connectivity index (χ1n) is 10.0. The predicted octanol–water partition coefficient (Wildman–Crippen LogP) is 1.09. The van der Waals surface area contributed by atoms with Crippen molar-refractivity contribution in [2.45, 2.75) is 51.9 Å². The maximum absolute atomic E-state index is 11.7. The molecule has 34 heavy (non-hydrogen) atoms. The average molecular weight is 478 g/mol. The fourth-order valence-corrected chi connectivity index (χ4v) is 3.27. The van der Waals surface area contributed by atoms with Crippen LogP contribution in [0.25, 0.3) is 0 Å². The van der Waals surface area contributed by atoms with Gasteiger partial charge in [0.15, 0.2) is 24.5 Å². The number of nitro benzene ring substituents is 1. The Hall–Kier alpha value is -4.07. The molecule has 0 bridgehead atoms. The number of rotatable bonds is 8. The number of carbonyl (C=O) groups excluding carboxylic acids is 3. The lowest BCUT2D eigenvalue weighted by Gasteiger charge is -2.40. The van der Waals surface area contributed by atoms with Gasteiger partial charge in [-0.2, -0.15) is 0 Å². The summed E-state index contributed by atoms with van der Waals surface area (Å²) in [6, 6.07) is 5.51. The van der Waals surface area contributed by atoms with Crippen LogP contribution < -0.4 is 4.74 Å². The van der Waals surface area contributed by atoms with Crippen molar-refractivity contribution in [3.8, 4) is 5.75 Å². The topological polar surface area (TPSA) is 171 Å². The number of aromatic nitrogens is 3. The van der Waals surface area contributed by atoms with Gasteiger partial charge in [-0.1, -0.05) is 5.21 Å². The molecule has 0 saturated carbocycles. The molecule has 1 saturated heterocycles. The van der Waals surface area contributed by atoms with Crippen LogP contribution in [0.1, 0.15) is 32.7 Å². The molecule has 2 aromatic rings. The molecule has 0 N–H and O–H groups in total. The van der Waals surface area contributed by atoms with Gasteiger partial charge in [0.05, 0.1) is 17.7 Å². The van der Waals surface area contributed by atoms with Gasteiger partial charge in [0, 0.05) is 32.9 Å². The number of ether oxygens (including phenoxy) is 5. The lowest BCUT2D eigenvalue weighted by molar-refractivity contribution is -0.384. The number of non-ortho nitro benzene ring substituents is 1. The summed E-state index contributed by atoms with van der Waals surface area (Å²) in [6.07, 6.45) is -2.90. The van der Waals surface area contributed by atoms with Gasteiger partial charge < -0.3 is 23.7 Å². The largest absolute Gasteiger partial charge is 0.487 e. The van der Waals surface area contributed by atoms with Crippen LogP contribution in [0.3, 0.4) is 0 Å². The van der Waals surface area contributed by atoms with Crippen molar-refractivity contribution >= 4 is 23.6 Å². The molecule has 0 spiro atoms. The molecule has 1 aromatic carbocycles. The zero-order chi connectivity index (χ0) is 24.8. The van der Waals surface area contributed by atoms with E-state index in [4.69, 9.17) is 23.7 Å². The first-order valence-corrected chi connectivity index (χ1v) is 10.0. The van der Waals surface area contributed by atoms with Crippen LogP contribution in [0.2, 0.25) is 0 Å². The Balaban J connectivity index is 1.76. The van der Waals surface area contributed by atoms with Crippen molar-refractivity contribution in [2.24, 2.45) is 0 Å². The SMILES string of the molecule is CC(=O)OC1COC(n2cc(COc3ccc([N+](=O)[O-])cc3)nn2)C(OC(C)=O)C1OC(C)=O. The van der Waals surface area contributed by atoms with Crippen molar-refractivity contribution in [1.29, 1.82) is 0 Å². The molecule has 1 fully saturated rings. The highest BCUT2D eigenvalue weighted by molar-refractivity contribution is 5.68. The molecule has 3 rings (SSSR count). The van der Waals surface area contributed by atoms with Crippen molar-refractivity contribution in [3.63, 3.8) is 0 Å². The lowest BCUT2D eigenvalue weighted by atomic mass is 10.0. The third-order valence-corrected chi connectivity index (χ3v) is 4.58. The first-order chi connectivity index (χ1) is 16.1. The van der Waals surface area contributed by atoms with Crippen LogP contribution in [0.15, 0.2) is 30.5 Å². The second kappa shape index (κ2) is 10.7. The zero-order valence-corrected chi connectivity index (χ0v) is 18.5. The zero-order valence-electron chi connectivity index (χ0n) is 18.5. The van der Waals surface area contributed by atoms with E-state index in [1.165, 1.54) is 55.9 Å². The Kier molecular flexibility index (Phi) is 7.73. The molecule has 2 heterocycles. The molecule has 0 aliphatic carbocycles. The fourth-order valence-electron chi connectivity index (χ4n) is 3.27. The van der Waals surface area contributed by atoms with E-state index in [-0.39, 0.29) is 18.9 Å². The van der Waals surface area contributed by atoms with Gasteiger partial charge in [-0.3, -0.25) is 24.5 Å². The monoisotopic (exact) mass is 478 g/mol. The van der Waals surface area contributed by atoms with Crippen LogP contribution >= 0.6 is 0 Å². The maximum Gasteiger partial charge on any atom is 0.303 e. The Labute approximate surface area is 192 Å². The molecular formula is C20H22N4O10. The van der Waals surface area contributed by atoms with Gasteiger partial charge in [-0.25, -0.2) is 4.68 Å². The standard InChI is InChI=1S/C20H22N4O10/c1-11(25)32-17-10-31-20(19(34-13(3)27)18(17)33-12(2)26)23-8-14(21-22-23)9-30-16-6-4-15(5-7-16)24(28)29/h4-8,17-20H,9-10H2,1-3H3. The van der Waals surface area contributed by atoms with Gasteiger partial charge in [0.1, 0.15) is 18.1 Å². The van der Waals surface area contributed by atoms with Gasteiger partial charge in [0.2, 0.25) is 0 Å². The summed E-state index contributed by atoms with van der Waals surface area (Å²) in [7, 11) is 0. The van der Waals surface area contributed by atoms with Gasteiger partial charge in [0.25, 0.3) is 5.69 Å². The molecule has 182 valence electrons. The van der Waals surface area contributed by atoms with Crippen LogP contribution in [-0.2, 0) is 39.9 Å². The van der Waals surface area contributed by atoms with Crippen LogP contribution in [-0.4, -0.2) is 62.7 Å². The van der Waals surface area contributed by atoms with E-state index in [9.17, 15) is 24.5 Å². The number of hydrogen-bond donors (Lipinski definition) is 0. The Morgan fingerprint density at radius 2 is 1.68 bits per heavy atom. The first kappa shape index (κ1) is 24.6. The molecular weight excluding hydrogens is 456 g/mol. The van der Waals surface area contributed by atoms with E-state index >= 15 is 0 Å². The third kappa shape index (κ3) is 6.25. The molecule has 1 aliphatic heterocycles. The molecule has 0 amide bonds. The third-order valence-electron chi connectivity index (χ3n) is 4.58. The lowest BCUT2D eigenvalue weighted by Crippen LogP contribution is -2.55. The van der Waals surface area contributed by atoms with Crippen molar-refractivity contribution in [1.82, 2.24) is 15.0 Å². The highest BCUT2D eigenvalue weighted by Crippen LogP contribution is 2.30. The predicted molar refractivity (Wildman–Crippen MR) is 109 cm³/mol. The van der Waals surface area contributed by atoms with Gasteiger partial charge in [-0.15, -0.1) is 5.10 Å². The molecule has 1 aromatic heterocycles. The van der Waals surface area contributed by atoms with Gasteiger partial charge in [-0.05, 0) is 12.1 Å². The minimum atomic E-state index is -1.19. The second-order valence-electron chi connectivity index (χ2n) is 7.25. The van der Waals surface area contributed by atoms with Crippen molar-refractivity contribution in [3.05, 3.63) is 46.3 Å². The number of nitro groups is 1. The second-order valence-corrected chi connectivity index (χ2v) is 7.25. The summed E-state index contributed by atoms with van der Waals surface area (Å²) >= 11 is 0. The molecule has 14 nitrogen and oxygen atoms in total. The number of benzene rings is 1. The number of nitrogens with zero attached hydrogens (tertiary/aromatic N) is 4. The van der Waals surface area contributed by atoms with Crippen LogP contribution in [0.4, 0.5) is 5.69 Å². The number of carbonyl (C=O) groups is 3. The average Bonchev–Trinajstić information content (AvgIpc) is 3.22. The van der Waals surface area contributed by atoms with Crippen molar-refractivity contribution < 1.29 is 43.0 Å². The molecule has 4 atom stereocenters. The van der Waals surface area contributed by atoms with E-state index in [0.29, 0.717) is 11.4 Å². The molecule has 0 radical (unpaired) electrons. The summed E-state index contributed by atoms with van der Waals surface area (Å²) in [6.45, 7) is 3.35. The smallest absolute Gasteiger partial charge is 0.303 e. The quantitative estimate of drug-likeness (QED) is 0.229. The summed E-state index contributed by atoms with van der Waals surface area (Å²) in [5.41, 5.74) is 0.299. The molecule has 14 heteroatoms. The fraction of sp³-hybridized carbons (Fsp3) is 0.450. The highest BCUT2D eigenvalue weighted by Gasteiger charge is 2.48. The van der Waals surface area contributed by atoms with E-state index in [0.717, 1.165) is 0 Å². The maximum atomic E-state index is 11.7. The van der Waals surface area contributed by atoms with Crippen molar-refractivity contribution in [2.75, 3.05) is 6.61 Å². The normalized spacial score (nSPS) is 21.9. The van der Waals surface area contributed by atoms with E-state index < -0.39 is 47.4 Å². The molecule has 4 unspecified atom stereocenters. The van der Waals surface area contributed by atoms with Crippen LogP contribution in [0, 0.1) is 10.1 Å². The highest BCUT2D eigenvalue weighted by atomic mass is 16.6. The summed E-state index contributed by atoms with van der Waals surface area (Å²) in [5.74, 6) is -1.60. The Morgan fingerprint density at radius 3 is 2.26 bits per heavy atom. The Morgan fingerprint density at radius 1 is 1.06 bits per heavy atom.